The van der Waals surface area contributed by atoms with Crippen LogP contribution in [0.4, 0.5) is 14.5 Å². The minimum Gasteiger partial charge on any atom is -0.459 e. The average molecular weight is 640 g/mol. The molecule has 0 amide bonds. The lowest BCUT2D eigenvalue weighted by atomic mass is 10.0. The molecule has 0 spiro atoms. The van der Waals surface area contributed by atoms with Crippen LogP contribution in [-0.4, -0.2) is 56.3 Å². The van der Waals surface area contributed by atoms with Gasteiger partial charge in [0.1, 0.15) is 12.7 Å². The Hall–Kier alpha value is -5.05. The summed E-state index contributed by atoms with van der Waals surface area (Å²) in [5.74, 6) is -6.34. The number of rotatable bonds is 10. The first-order valence-electron chi connectivity index (χ1n) is 13.3. The second-order valence-corrected chi connectivity index (χ2v) is 11.3. The van der Waals surface area contributed by atoms with E-state index in [0.717, 1.165) is 35.4 Å². The van der Waals surface area contributed by atoms with Crippen LogP contribution in [0, 0.1) is 10.1 Å². The number of nitro groups is 1. The monoisotopic (exact) mass is 639 g/mol. The summed E-state index contributed by atoms with van der Waals surface area (Å²) in [6, 6.07) is 26.0. The molecule has 1 fully saturated rings. The van der Waals surface area contributed by atoms with Gasteiger partial charge < -0.3 is 14.2 Å². The van der Waals surface area contributed by atoms with E-state index in [1.807, 2.05) is 30.3 Å². The Labute approximate surface area is 255 Å². The van der Waals surface area contributed by atoms with E-state index in [1.54, 1.807) is 30.3 Å². The summed E-state index contributed by atoms with van der Waals surface area (Å²) < 4.78 is 77.3. The second-order valence-electron chi connectivity index (χ2n) is 9.72. The van der Waals surface area contributed by atoms with Crippen molar-refractivity contribution in [3.05, 3.63) is 130 Å². The van der Waals surface area contributed by atoms with Crippen LogP contribution in [-0.2, 0) is 28.5 Å². The van der Waals surface area contributed by atoms with Crippen molar-refractivity contribution in [3.8, 4) is 11.1 Å². The van der Waals surface area contributed by atoms with Crippen molar-refractivity contribution in [2.45, 2.75) is 29.3 Å². The standard InChI is InChI=1S/C31H23F2NO10S/c32-31(33)27(43-29(36)23-13-11-21(12-14-23)20-7-3-1-4-8-20)26(19-41-28(35)22-9-5-2-6-10-22)42-30(31)44-45(39,40)25-17-15-24(16-18-25)34(37)38/h1-18,26-27,30H,19H2/t26-,27-,30?/m1/s1. The summed E-state index contributed by atoms with van der Waals surface area (Å²) in [5.41, 5.74) is 1.16. The predicted molar refractivity (Wildman–Crippen MR) is 153 cm³/mol. The smallest absolute Gasteiger partial charge is 0.338 e. The third kappa shape index (κ3) is 7.03. The molecule has 1 aliphatic rings. The molecule has 0 saturated carbocycles. The maximum Gasteiger partial charge on any atom is 0.338 e. The molecule has 0 N–H and O–H groups in total. The molecule has 1 saturated heterocycles. The average Bonchev–Trinajstić information content (AvgIpc) is 3.28. The van der Waals surface area contributed by atoms with E-state index in [2.05, 4.69) is 0 Å². The summed E-state index contributed by atoms with van der Waals surface area (Å²) in [7, 11) is -4.97. The van der Waals surface area contributed by atoms with Crippen LogP contribution in [0.3, 0.4) is 0 Å². The molecular formula is C31H23F2NO10S. The number of carbonyl (C=O) groups is 2. The van der Waals surface area contributed by atoms with Gasteiger partial charge in [0.05, 0.1) is 20.9 Å². The summed E-state index contributed by atoms with van der Waals surface area (Å²) in [4.78, 5) is 34.9. The number of nitro benzene ring substituents is 1. The Morgan fingerprint density at radius 2 is 1.36 bits per heavy atom. The molecule has 14 heteroatoms. The van der Waals surface area contributed by atoms with Crippen LogP contribution in [0.25, 0.3) is 11.1 Å². The number of hydrogen-bond acceptors (Lipinski definition) is 10. The van der Waals surface area contributed by atoms with Gasteiger partial charge in [-0.05, 0) is 47.5 Å². The topological polar surface area (TPSA) is 148 Å². The molecule has 45 heavy (non-hydrogen) atoms. The van der Waals surface area contributed by atoms with E-state index in [1.165, 1.54) is 24.3 Å². The normalized spacial score (nSPS) is 19.0. The Balaban J connectivity index is 1.37. The lowest BCUT2D eigenvalue weighted by molar-refractivity contribution is -0.384. The van der Waals surface area contributed by atoms with Gasteiger partial charge in [-0.15, -0.1) is 0 Å². The van der Waals surface area contributed by atoms with E-state index in [9.17, 15) is 28.1 Å². The largest absolute Gasteiger partial charge is 0.459 e. The molecular weight excluding hydrogens is 616 g/mol. The number of nitrogens with zero attached hydrogens (tertiary/aromatic N) is 1. The summed E-state index contributed by atoms with van der Waals surface area (Å²) in [6.07, 6.45) is -7.10. The molecule has 11 nitrogen and oxygen atoms in total. The SMILES string of the molecule is O=C(OC[C@H]1OC(OS(=O)(=O)c2ccc([N+](=O)[O-])cc2)C(F)(F)[C@@H]1OC(=O)c1ccc(-c2ccccc2)cc1)c1ccccc1. The number of carbonyl (C=O) groups excluding carboxylic acids is 2. The molecule has 232 valence electrons. The highest BCUT2D eigenvalue weighted by atomic mass is 32.2. The van der Waals surface area contributed by atoms with E-state index in [4.69, 9.17) is 18.4 Å². The number of halogens is 2. The molecule has 0 aromatic heterocycles. The van der Waals surface area contributed by atoms with E-state index >= 15 is 8.78 Å². The lowest BCUT2D eigenvalue weighted by Gasteiger charge is -2.23. The minimum atomic E-state index is -4.97. The number of alkyl halides is 2. The van der Waals surface area contributed by atoms with E-state index < -0.39 is 68.6 Å². The Morgan fingerprint density at radius 3 is 1.96 bits per heavy atom. The van der Waals surface area contributed by atoms with Crippen LogP contribution in [0.1, 0.15) is 20.7 Å². The molecule has 4 aromatic rings. The van der Waals surface area contributed by atoms with Crippen LogP contribution in [0.5, 0.6) is 0 Å². The van der Waals surface area contributed by atoms with Crippen LogP contribution in [0.15, 0.2) is 114 Å². The molecule has 0 radical (unpaired) electrons. The zero-order chi connectivity index (χ0) is 32.2. The molecule has 4 aromatic carbocycles. The summed E-state index contributed by atoms with van der Waals surface area (Å²) >= 11 is 0. The molecule has 5 rings (SSSR count). The lowest BCUT2D eigenvalue weighted by Crippen LogP contribution is -2.45. The predicted octanol–water partition coefficient (Wildman–Crippen LogP) is 5.41. The van der Waals surface area contributed by atoms with Crippen LogP contribution >= 0.6 is 0 Å². The van der Waals surface area contributed by atoms with Crippen LogP contribution in [0.2, 0.25) is 0 Å². The first-order valence-corrected chi connectivity index (χ1v) is 14.7. The van der Waals surface area contributed by atoms with Gasteiger partial charge >= 0.3 is 17.9 Å². The number of esters is 2. The molecule has 0 aliphatic carbocycles. The van der Waals surface area contributed by atoms with Crippen molar-refractivity contribution in [2.24, 2.45) is 0 Å². The fourth-order valence-electron chi connectivity index (χ4n) is 4.40. The number of non-ortho nitro benzene ring substituents is 1. The number of benzene rings is 4. The van der Waals surface area contributed by atoms with Gasteiger partial charge in [0.2, 0.25) is 12.4 Å². The van der Waals surface area contributed by atoms with Gasteiger partial charge in [-0.1, -0.05) is 60.7 Å². The third-order valence-electron chi connectivity index (χ3n) is 6.73. The van der Waals surface area contributed by atoms with Crippen molar-refractivity contribution < 1.29 is 50.1 Å². The van der Waals surface area contributed by atoms with Crippen molar-refractivity contribution >= 4 is 27.7 Å². The third-order valence-corrected chi connectivity index (χ3v) is 8.01. The van der Waals surface area contributed by atoms with Crippen molar-refractivity contribution in [3.63, 3.8) is 0 Å². The fourth-order valence-corrected chi connectivity index (χ4v) is 5.39. The Morgan fingerprint density at radius 1 is 0.800 bits per heavy atom. The van der Waals surface area contributed by atoms with Gasteiger partial charge in [0.25, 0.3) is 15.8 Å². The maximum atomic E-state index is 15.7. The van der Waals surface area contributed by atoms with Gasteiger partial charge in [-0.25, -0.2) is 13.8 Å². The fraction of sp³-hybridized carbons (Fsp3) is 0.161. The molecule has 1 aliphatic heterocycles. The highest BCUT2D eigenvalue weighted by Gasteiger charge is 2.64. The van der Waals surface area contributed by atoms with Gasteiger partial charge in [-0.3, -0.25) is 10.1 Å². The highest BCUT2D eigenvalue weighted by Crippen LogP contribution is 2.41. The molecule has 1 unspecified atom stereocenters. The zero-order valence-corrected chi connectivity index (χ0v) is 23.8. The molecule has 3 atom stereocenters. The van der Waals surface area contributed by atoms with E-state index in [0.29, 0.717) is 0 Å². The number of hydrogen-bond donors (Lipinski definition) is 0. The van der Waals surface area contributed by atoms with Crippen molar-refractivity contribution in [2.75, 3.05) is 6.61 Å². The van der Waals surface area contributed by atoms with E-state index in [-0.39, 0.29) is 11.1 Å². The summed E-state index contributed by atoms with van der Waals surface area (Å²) in [6.45, 7) is -0.856. The maximum absolute atomic E-state index is 15.7. The van der Waals surface area contributed by atoms with Crippen molar-refractivity contribution in [1.29, 1.82) is 0 Å². The van der Waals surface area contributed by atoms with Gasteiger partial charge in [-0.2, -0.15) is 17.2 Å². The Bertz CT molecular complexity index is 1790. The summed E-state index contributed by atoms with van der Waals surface area (Å²) in [5, 5.41) is 10.9. The Kier molecular flexibility index (Phi) is 8.99. The van der Waals surface area contributed by atoms with Crippen molar-refractivity contribution in [1.82, 2.24) is 0 Å². The number of ether oxygens (including phenoxy) is 3. The molecule has 1 heterocycles. The van der Waals surface area contributed by atoms with Gasteiger partial charge in [0, 0.05) is 12.1 Å². The minimum absolute atomic E-state index is 0.0895. The first-order chi connectivity index (χ1) is 21.5. The first kappa shape index (κ1) is 31.4. The van der Waals surface area contributed by atoms with Crippen LogP contribution < -0.4 is 0 Å². The highest BCUT2D eigenvalue weighted by molar-refractivity contribution is 7.86. The molecule has 0 bridgehead atoms. The van der Waals surface area contributed by atoms with Gasteiger partial charge in [0.15, 0.2) is 0 Å². The second kappa shape index (κ2) is 12.9. The quantitative estimate of drug-likeness (QED) is 0.0955. The zero-order valence-electron chi connectivity index (χ0n) is 23.0.